The molecule has 0 saturated carbocycles. The molecule has 2 saturated heterocycles. The van der Waals surface area contributed by atoms with Crippen molar-refractivity contribution in [2.75, 3.05) is 54.5 Å². The number of aliphatic hydroxyl groups excluding tert-OH is 1. The number of amides is 1. The second-order valence-corrected chi connectivity index (χ2v) is 13.7. The Labute approximate surface area is 284 Å². The second kappa shape index (κ2) is 12.7. The van der Waals surface area contributed by atoms with Gasteiger partial charge in [-0.05, 0) is 75.1 Å². The Morgan fingerprint density at radius 3 is 2.61 bits per heavy atom. The minimum absolute atomic E-state index is 0.186. The summed E-state index contributed by atoms with van der Waals surface area (Å²) in [5.74, 6) is -0.228. The number of nitrogens with one attached hydrogen (secondary N) is 2. The van der Waals surface area contributed by atoms with Gasteiger partial charge in [0.05, 0.1) is 49.0 Å². The number of ether oxygens (including phenoxy) is 1. The van der Waals surface area contributed by atoms with E-state index < -0.39 is 12.4 Å². The predicted molar refractivity (Wildman–Crippen MR) is 186 cm³/mol. The highest BCUT2D eigenvalue weighted by atomic mass is 19.1. The Balaban J connectivity index is 1.06. The molecule has 4 aliphatic rings. The molecule has 0 bridgehead atoms. The zero-order valence-corrected chi connectivity index (χ0v) is 28.0. The number of hydrogen-bond donors (Lipinski definition) is 3. The van der Waals surface area contributed by atoms with Crippen molar-refractivity contribution in [3.8, 4) is 11.1 Å². The lowest BCUT2D eigenvalue weighted by atomic mass is 9.95. The molecule has 4 aromatic rings. The molecule has 0 radical (unpaired) electrons. The number of piperazine rings is 1. The van der Waals surface area contributed by atoms with Crippen LogP contribution in [0.5, 0.6) is 0 Å². The highest BCUT2D eigenvalue weighted by Crippen LogP contribution is 2.38. The number of carbonyl (C=O) groups excluding carboxylic acids is 1. The van der Waals surface area contributed by atoms with E-state index in [2.05, 4.69) is 36.6 Å². The number of halogens is 1. The fraction of sp³-hybridized carbons (Fsp3) is 0.432. The van der Waals surface area contributed by atoms with E-state index in [4.69, 9.17) is 4.74 Å². The number of aromatic amines is 1. The highest BCUT2D eigenvalue weighted by Gasteiger charge is 2.34. The number of fused-ring (bicyclic) bond motifs is 3. The third-order valence-electron chi connectivity index (χ3n) is 10.7. The molecule has 1 aromatic carbocycles. The van der Waals surface area contributed by atoms with Crippen molar-refractivity contribution in [3.63, 3.8) is 0 Å². The lowest BCUT2D eigenvalue weighted by Gasteiger charge is -2.46. The average molecular weight is 668 g/mol. The number of rotatable bonds is 7. The third kappa shape index (κ3) is 5.71. The molecule has 1 amide bonds. The smallest absolute Gasteiger partial charge is 0.271 e. The number of anilines is 4. The topological polar surface area (TPSA) is 119 Å². The molecular formula is C37H42FN7O4. The number of benzene rings is 1. The zero-order chi connectivity index (χ0) is 33.8. The SMILES string of the molecule is Cc1[nH]c(=O)c(Nc2ccc(N3CCN(C4COC4)C[C@@H]3C)cn2)cc1-c1cc(F)cc(N2CCc3c(cc4n3CCCC4)C2=O)c1CO. The first-order chi connectivity index (χ1) is 23.8. The molecule has 256 valence electrons. The largest absolute Gasteiger partial charge is 0.392 e. The number of H-pyrrole nitrogens is 1. The van der Waals surface area contributed by atoms with Crippen molar-refractivity contribution in [1.82, 2.24) is 19.4 Å². The summed E-state index contributed by atoms with van der Waals surface area (Å²) in [6.45, 7) is 9.29. The van der Waals surface area contributed by atoms with E-state index in [1.54, 1.807) is 17.9 Å². The highest BCUT2D eigenvalue weighted by molar-refractivity contribution is 6.09. The van der Waals surface area contributed by atoms with Crippen molar-refractivity contribution in [2.24, 2.45) is 0 Å². The normalized spacial score (nSPS) is 19.8. The standard InChI is InChI=1S/C37H42FN7O4/c1-22-18-42(27-20-49-21-27)11-12-43(22)26-6-7-35(39-17-26)41-32-16-28(23(2)40-36(32)47)29-13-24(38)14-34(31(29)19-46)45-10-8-33-30(37(45)48)15-25-5-3-4-9-44(25)33/h6-7,13-17,22,27,46H,3-5,8-12,18-21H2,1-2H3,(H,39,41)(H,40,47)/t22-/m0/s1. The molecule has 0 aliphatic carbocycles. The van der Waals surface area contributed by atoms with Crippen LogP contribution in [-0.4, -0.2) is 81.9 Å². The molecule has 7 heterocycles. The van der Waals surface area contributed by atoms with Gasteiger partial charge in [-0.15, -0.1) is 0 Å². The first-order valence-corrected chi connectivity index (χ1v) is 17.3. The van der Waals surface area contributed by atoms with Crippen LogP contribution in [0.4, 0.5) is 27.3 Å². The Kier molecular flexibility index (Phi) is 8.25. The van der Waals surface area contributed by atoms with Gasteiger partial charge in [0.25, 0.3) is 11.5 Å². The molecule has 12 heteroatoms. The minimum atomic E-state index is -0.537. The molecule has 4 aliphatic heterocycles. The van der Waals surface area contributed by atoms with Crippen LogP contribution in [0.2, 0.25) is 0 Å². The van der Waals surface area contributed by atoms with Gasteiger partial charge in [-0.3, -0.25) is 14.5 Å². The van der Waals surface area contributed by atoms with E-state index in [0.29, 0.717) is 64.5 Å². The first kappa shape index (κ1) is 31.7. The van der Waals surface area contributed by atoms with E-state index in [9.17, 15) is 14.7 Å². The van der Waals surface area contributed by atoms with Crippen molar-refractivity contribution >= 4 is 28.8 Å². The monoisotopic (exact) mass is 667 g/mol. The van der Waals surface area contributed by atoms with Crippen molar-refractivity contribution in [1.29, 1.82) is 0 Å². The molecule has 3 aromatic heterocycles. The van der Waals surface area contributed by atoms with Crippen LogP contribution < -0.4 is 20.7 Å². The lowest BCUT2D eigenvalue weighted by Crippen LogP contribution is -2.59. The Hall–Kier alpha value is -4.52. The van der Waals surface area contributed by atoms with Gasteiger partial charge in [0, 0.05) is 73.4 Å². The van der Waals surface area contributed by atoms with Crippen molar-refractivity contribution in [3.05, 3.63) is 87.0 Å². The minimum Gasteiger partial charge on any atom is -0.392 e. The number of aromatic nitrogens is 3. The summed E-state index contributed by atoms with van der Waals surface area (Å²) in [5, 5.41) is 13.8. The molecule has 3 N–H and O–H groups in total. The summed E-state index contributed by atoms with van der Waals surface area (Å²) in [7, 11) is 0. The summed E-state index contributed by atoms with van der Waals surface area (Å²) < 4.78 is 23.1. The van der Waals surface area contributed by atoms with Crippen LogP contribution >= 0.6 is 0 Å². The summed E-state index contributed by atoms with van der Waals surface area (Å²) in [6.07, 6.45) is 5.61. The lowest BCUT2D eigenvalue weighted by molar-refractivity contribution is -0.0691. The second-order valence-electron chi connectivity index (χ2n) is 13.7. The van der Waals surface area contributed by atoms with Crippen LogP contribution in [0, 0.1) is 12.7 Å². The molecule has 8 rings (SSSR count). The van der Waals surface area contributed by atoms with Crippen molar-refractivity contribution < 1.29 is 19.0 Å². The maximum Gasteiger partial charge on any atom is 0.271 e. The Bertz CT molecular complexity index is 1970. The number of aryl methyl sites for hydroxylation is 2. The van der Waals surface area contributed by atoms with E-state index in [-0.39, 0.29) is 17.2 Å². The summed E-state index contributed by atoms with van der Waals surface area (Å²) in [6, 6.07) is 11.0. The van der Waals surface area contributed by atoms with E-state index in [1.165, 1.54) is 17.8 Å². The average Bonchev–Trinajstić information content (AvgIpc) is 3.45. The number of pyridine rings is 2. The molecule has 2 fully saturated rings. The molecule has 0 spiro atoms. The van der Waals surface area contributed by atoms with Crippen LogP contribution in [-0.2, 0) is 30.7 Å². The number of hydrogen-bond acceptors (Lipinski definition) is 8. The van der Waals surface area contributed by atoms with Crippen LogP contribution in [0.1, 0.15) is 52.8 Å². The fourth-order valence-electron chi connectivity index (χ4n) is 8.03. The molecule has 0 unspecified atom stereocenters. The third-order valence-corrected chi connectivity index (χ3v) is 10.7. The number of aliphatic hydroxyl groups is 1. The summed E-state index contributed by atoms with van der Waals surface area (Å²) in [4.78, 5) is 40.9. The van der Waals surface area contributed by atoms with E-state index in [1.807, 2.05) is 24.4 Å². The first-order valence-electron chi connectivity index (χ1n) is 17.3. The Morgan fingerprint density at radius 1 is 1.02 bits per heavy atom. The number of carbonyl (C=O) groups is 1. The maximum absolute atomic E-state index is 15.4. The molecule has 49 heavy (non-hydrogen) atoms. The van der Waals surface area contributed by atoms with Crippen LogP contribution in [0.3, 0.4) is 0 Å². The van der Waals surface area contributed by atoms with Crippen LogP contribution in [0.25, 0.3) is 11.1 Å². The van der Waals surface area contributed by atoms with E-state index >= 15 is 4.39 Å². The van der Waals surface area contributed by atoms with Gasteiger partial charge in [0.1, 0.15) is 17.3 Å². The zero-order valence-electron chi connectivity index (χ0n) is 28.0. The maximum atomic E-state index is 15.4. The van der Waals surface area contributed by atoms with Gasteiger partial charge < -0.3 is 34.5 Å². The number of nitrogens with zero attached hydrogens (tertiary/aromatic N) is 5. The van der Waals surface area contributed by atoms with Gasteiger partial charge in [0.15, 0.2) is 0 Å². The predicted octanol–water partition coefficient (Wildman–Crippen LogP) is 4.37. The van der Waals surface area contributed by atoms with Crippen LogP contribution in [0.15, 0.2) is 47.4 Å². The van der Waals surface area contributed by atoms with Crippen molar-refractivity contribution in [2.45, 2.75) is 64.8 Å². The van der Waals surface area contributed by atoms with Gasteiger partial charge in [-0.1, -0.05) is 0 Å². The fourth-order valence-corrected chi connectivity index (χ4v) is 8.03. The summed E-state index contributed by atoms with van der Waals surface area (Å²) >= 11 is 0. The quantitative estimate of drug-likeness (QED) is 0.266. The van der Waals surface area contributed by atoms with Gasteiger partial charge >= 0.3 is 0 Å². The van der Waals surface area contributed by atoms with Gasteiger partial charge in [-0.25, -0.2) is 9.37 Å². The molecule has 1 atom stereocenters. The summed E-state index contributed by atoms with van der Waals surface area (Å²) in [5.41, 5.74) is 6.00. The molecule has 11 nitrogen and oxygen atoms in total. The van der Waals surface area contributed by atoms with Gasteiger partial charge in [-0.2, -0.15) is 0 Å². The van der Waals surface area contributed by atoms with E-state index in [0.717, 1.165) is 70.0 Å². The van der Waals surface area contributed by atoms with Gasteiger partial charge in [0.2, 0.25) is 0 Å². The molecular weight excluding hydrogens is 625 g/mol. The Morgan fingerprint density at radius 2 is 1.88 bits per heavy atom.